The first kappa shape index (κ1) is 16.8. The summed E-state index contributed by atoms with van der Waals surface area (Å²) in [7, 11) is -5.60. The first-order chi connectivity index (χ1) is 9.17. The molecule has 20 heavy (non-hydrogen) atoms. The minimum absolute atomic E-state index is 0.307. The number of ether oxygens (including phenoxy) is 1. The van der Waals surface area contributed by atoms with E-state index in [0.717, 1.165) is 6.42 Å². The standard InChI is InChI=1S/C12H15F3O4S/c1-3-8-18-11-6-4-10(5-7-11)9(2)19-20(16,17)12(13,14)15/h4-7,9H,3,8H2,1-2H3. The van der Waals surface area contributed by atoms with Gasteiger partial charge in [-0.2, -0.15) is 21.6 Å². The van der Waals surface area contributed by atoms with Crippen LogP contribution in [0.15, 0.2) is 24.3 Å². The Morgan fingerprint density at radius 2 is 1.75 bits per heavy atom. The van der Waals surface area contributed by atoms with Crippen LogP contribution in [0.1, 0.15) is 31.9 Å². The Morgan fingerprint density at radius 1 is 1.20 bits per heavy atom. The molecule has 1 aromatic carbocycles. The lowest BCUT2D eigenvalue weighted by Gasteiger charge is -2.15. The number of hydrogen-bond acceptors (Lipinski definition) is 4. The van der Waals surface area contributed by atoms with Gasteiger partial charge in [0, 0.05) is 0 Å². The highest BCUT2D eigenvalue weighted by molar-refractivity contribution is 7.87. The monoisotopic (exact) mass is 312 g/mol. The van der Waals surface area contributed by atoms with Crippen LogP contribution < -0.4 is 4.74 Å². The van der Waals surface area contributed by atoms with E-state index in [0.29, 0.717) is 17.9 Å². The predicted molar refractivity (Wildman–Crippen MR) is 66.7 cm³/mol. The summed E-state index contributed by atoms with van der Waals surface area (Å²) in [5.74, 6) is 0.557. The van der Waals surface area contributed by atoms with Crippen molar-refractivity contribution in [3.8, 4) is 5.75 Å². The van der Waals surface area contributed by atoms with Gasteiger partial charge in [-0.3, -0.25) is 4.18 Å². The van der Waals surface area contributed by atoms with Crippen LogP contribution in [0, 0.1) is 0 Å². The Balaban J connectivity index is 2.76. The van der Waals surface area contributed by atoms with E-state index in [-0.39, 0.29) is 0 Å². The molecule has 0 fully saturated rings. The smallest absolute Gasteiger partial charge is 0.494 e. The summed E-state index contributed by atoms with van der Waals surface area (Å²) in [5.41, 5.74) is -5.12. The minimum Gasteiger partial charge on any atom is -0.494 e. The number of rotatable bonds is 6. The van der Waals surface area contributed by atoms with Gasteiger partial charge in [-0.1, -0.05) is 19.1 Å². The van der Waals surface area contributed by atoms with E-state index in [9.17, 15) is 21.6 Å². The molecular weight excluding hydrogens is 297 g/mol. The van der Waals surface area contributed by atoms with E-state index in [1.165, 1.54) is 19.1 Å². The zero-order chi connectivity index (χ0) is 15.4. The van der Waals surface area contributed by atoms with Crippen molar-refractivity contribution in [2.75, 3.05) is 6.61 Å². The fraction of sp³-hybridized carbons (Fsp3) is 0.500. The van der Waals surface area contributed by atoms with Gasteiger partial charge < -0.3 is 4.74 Å². The van der Waals surface area contributed by atoms with Gasteiger partial charge in [0.15, 0.2) is 0 Å². The molecule has 1 aromatic rings. The first-order valence-corrected chi connectivity index (χ1v) is 7.30. The predicted octanol–water partition coefficient (Wildman–Crippen LogP) is 3.40. The SMILES string of the molecule is CCCOc1ccc(C(C)OS(=O)(=O)C(F)(F)F)cc1. The molecule has 0 aliphatic rings. The second-order valence-corrected chi connectivity index (χ2v) is 5.62. The lowest BCUT2D eigenvalue weighted by Crippen LogP contribution is -2.26. The van der Waals surface area contributed by atoms with Gasteiger partial charge in [-0.25, -0.2) is 0 Å². The van der Waals surface area contributed by atoms with Crippen LogP contribution in [0.3, 0.4) is 0 Å². The third-order valence-electron chi connectivity index (χ3n) is 2.38. The van der Waals surface area contributed by atoms with Gasteiger partial charge in [0.2, 0.25) is 0 Å². The maximum absolute atomic E-state index is 12.2. The van der Waals surface area contributed by atoms with E-state index < -0.39 is 21.7 Å². The fourth-order valence-corrected chi connectivity index (χ4v) is 1.96. The molecule has 1 rings (SSSR count). The molecule has 0 radical (unpaired) electrons. The zero-order valence-corrected chi connectivity index (χ0v) is 11.8. The van der Waals surface area contributed by atoms with Gasteiger partial charge in [-0.05, 0) is 31.0 Å². The molecule has 4 nitrogen and oxygen atoms in total. The van der Waals surface area contributed by atoms with Gasteiger partial charge in [0.05, 0.1) is 12.7 Å². The summed E-state index contributed by atoms with van der Waals surface area (Å²) in [6, 6.07) is 6.01. The van der Waals surface area contributed by atoms with Crippen LogP contribution in [-0.4, -0.2) is 20.5 Å². The third kappa shape index (κ3) is 4.38. The van der Waals surface area contributed by atoms with Crippen LogP contribution >= 0.6 is 0 Å². The molecule has 0 saturated carbocycles. The van der Waals surface area contributed by atoms with Crippen molar-refractivity contribution in [2.24, 2.45) is 0 Å². The molecule has 0 bridgehead atoms. The maximum Gasteiger partial charge on any atom is 0.523 e. The topological polar surface area (TPSA) is 52.6 Å². The van der Waals surface area contributed by atoms with Crippen LogP contribution in [-0.2, 0) is 14.3 Å². The second-order valence-electron chi connectivity index (χ2n) is 4.06. The highest BCUT2D eigenvalue weighted by Crippen LogP contribution is 2.30. The molecule has 0 spiro atoms. The van der Waals surface area contributed by atoms with Gasteiger partial charge in [0.1, 0.15) is 5.75 Å². The molecule has 0 heterocycles. The van der Waals surface area contributed by atoms with Crippen molar-refractivity contribution in [3.05, 3.63) is 29.8 Å². The van der Waals surface area contributed by atoms with Crippen molar-refractivity contribution in [2.45, 2.75) is 31.9 Å². The molecule has 1 atom stereocenters. The first-order valence-electron chi connectivity index (χ1n) is 5.89. The number of alkyl halides is 3. The van der Waals surface area contributed by atoms with E-state index in [1.54, 1.807) is 12.1 Å². The van der Waals surface area contributed by atoms with Crippen molar-refractivity contribution in [1.82, 2.24) is 0 Å². The molecule has 0 N–H and O–H groups in total. The lowest BCUT2D eigenvalue weighted by atomic mass is 10.1. The van der Waals surface area contributed by atoms with Crippen molar-refractivity contribution in [1.29, 1.82) is 0 Å². The van der Waals surface area contributed by atoms with Crippen molar-refractivity contribution in [3.63, 3.8) is 0 Å². The average molecular weight is 312 g/mol. The van der Waals surface area contributed by atoms with Gasteiger partial charge >= 0.3 is 15.6 Å². The van der Waals surface area contributed by atoms with Crippen molar-refractivity contribution >= 4 is 10.1 Å². The molecular formula is C12H15F3O4S. The lowest BCUT2D eigenvalue weighted by molar-refractivity contribution is -0.0569. The molecule has 0 aromatic heterocycles. The Morgan fingerprint density at radius 3 is 2.20 bits per heavy atom. The third-order valence-corrected chi connectivity index (χ3v) is 3.49. The number of benzene rings is 1. The molecule has 114 valence electrons. The van der Waals surface area contributed by atoms with Crippen LogP contribution in [0.5, 0.6) is 5.75 Å². The molecule has 0 amide bonds. The zero-order valence-electron chi connectivity index (χ0n) is 11.0. The van der Waals surface area contributed by atoms with Gasteiger partial charge in [-0.15, -0.1) is 0 Å². The van der Waals surface area contributed by atoms with Crippen LogP contribution in [0.25, 0.3) is 0 Å². The Labute approximate surface area is 115 Å². The normalized spacial score (nSPS) is 14.1. The van der Waals surface area contributed by atoms with Crippen LogP contribution in [0.2, 0.25) is 0 Å². The fourth-order valence-electron chi connectivity index (χ4n) is 1.36. The number of hydrogen-bond donors (Lipinski definition) is 0. The average Bonchev–Trinajstić information content (AvgIpc) is 2.35. The Bertz CT molecular complexity index is 523. The van der Waals surface area contributed by atoms with E-state index in [1.807, 2.05) is 6.92 Å². The summed E-state index contributed by atoms with van der Waals surface area (Å²) >= 11 is 0. The summed E-state index contributed by atoms with van der Waals surface area (Å²) in [6.07, 6.45) is -0.410. The van der Waals surface area contributed by atoms with Crippen molar-refractivity contribution < 1.29 is 30.5 Å². The molecule has 1 unspecified atom stereocenters. The van der Waals surface area contributed by atoms with Gasteiger partial charge in [0.25, 0.3) is 0 Å². The highest BCUT2D eigenvalue weighted by Gasteiger charge is 2.48. The largest absolute Gasteiger partial charge is 0.523 e. The second kappa shape index (κ2) is 6.45. The van der Waals surface area contributed by atoms with E-state index in [4.69, 9.17) is 4.74 Å². The molecule has 0 aliphatic heterocycles. The quantitative estimate of drug-likeness (QED) is 0.597. The molecule has 0 saturated heterocycles. The summed E-state index contributed by atoms with van der Waals surface area (Å²) < 4.78 is 67.7. The summed E-state index contributed by atoms with van der Waals surface area (Å²) in [5, 5.41) is 0. The van der Waals surface area contributed by atoms with E-state index in [2.05, 4.69) is 4.18 Å². The number of halogens is 3. The minimum atomic E-state index is -5.60. The highest BCUT2D eigenvalue weighted by atomic mass is 32.2. The molecule has 8 heteroatoms. The van der Waals surface area contributed by atoms with Crippen LogP contribution in [0.4, 0.5) is 13.2 Å². The Hall–Kier alpha value is -1.28. The maximum atomic E-state index is 12.2. The molecule has 0 aliphatic carbocycles. The summed E-state index contributed by atoms with van der Waals surface area (Å²) in [6.45, 7) is 3.69. The summed E-state index contributed by atoms with van der Waals surface area (Å²) in [4.78, 5) is 0. The van der Waals surface area contributed by atoms with E-state index >= 15 is 0 Å². The Kier molecular flexibility index (Phi) is 5.41.